The number of carbonyl (C=O) groups excluding carboxylic acids is 1. The van der Waals surface area contributed by atoms with Gasteiger partial charge in [0.1, 0.15) is 0 Å². The lowest BCUT2D eigenvalue weighted by atomic mass is 10.2. The molecule has 7 heteroatoms. The number of urea groups is 1. The number of hydrogen-bond donors (Lipinski definition) is 4. The van der Waals surface area contributed by atoms with Crippen molar-refractivity contribution in [1.82, 2.24) is 10.6 Å². The summed E-state index contributed by atoms with van der Waals surface area (Å²) in [6.45, 7) is 1.62. The van der Waals surface area contributed by atoms with Gasteiger partial charge in [-0.05, 0) is 12.8 Å². The van der Waals surface area contributed by atoms with Crippen LogP contribution in [0.1, 0.15) is 12.8 Å². The molecule has 92 valence electrons. The number of aliphatic carboxylic acids is 1. The molecule has 1 aliphatic rings. The van der Waals surface area contributed by atoms with Crippen LogP contribution in [-0.2, 0) is 9.53 Å². The zero-order valence-electron chi connectivity index (χ0n) is 8.94. The lowest BCUT2D eigenvalue weighted by Crippen LogP contribution is -2.37. The number of carbonyl (C=O) groups is 2. The molecule has 1 aliphatic heterocycles. The predicted octanol–water partition coefficient (Wildman–Crippen LogP) is -1.12. The number of nitrogens with two attached hydrogens (primary N) is 1. The largest absolute Gasteiger partial charge is 0.479 e. The first-order valence-corrected chi connectivity index (χ1v) is 5.22. The van der Waals surface area contributed by atoms with E-state index in [1.165, 1.54) is 0 Å². The lowest BCUT2D eigenvalue weighted by Gasteiger charge is -2.12. The van der Waals surface area contributed by atoms with Crippen molar-refractivity contribution in [2.24, 2.45) is 5.73 Å². The summed E-state index contributed by atoms with van der Waals surface area (Å²) in [5.74, 6) is -0.905. The van der Waals surface area contributed by atoms with Crippen LogP contribution in [0, 0.1) is 0 Å². The van der Waals surface area contributed by atoms with Crippen LogP contribution in [0.4, 0.5) is 4.79 Å². The Labute approximate surface area is 93.3 Å². The fraction of sp³-hybridized carbons (Fsp3) is 0.778. The molecule has 0 aromatic carbocycles. The van der Waals surface area contributed by atoms with E-state index < -0.39 is 18.1 Å². The summed E-state index contributed by atoms with van der Waals surface area (Å²) >= 11 is 0. The van der Waals surface area contributed by atoms with Crippen molar-refractivity contribution < 1.29 is 19.4 Å². The number of amides is 2. The smallest absolute Gasteiger partial charge is 0.332 e. The van der Waals surface area contributed by atoms with Crippen molar-refractivity contribution in [1.29, 1.82) is 0 Å². The summed E-state index contributed by atoms with van der Waals surface area (Å²) in [4.78, 5) is 20.9. The molecule has 2 amide bonds. The van der Waals surface area contributed by atoms with E-state index in [-0.39, 0.29) is 6.10 Å². The predicted molar refractivity (Wildman–Crippen MR) is 56.0 cm³/mol. The monoisotopic (exact) mass is 231 g/mol. The number of nitrogens with one attached hydrogen (secondary N) is 2. The highest BCUT2D eigenvalue weighted by molar-refractivity contribution is 5.72. The van der Waals surface area contributed by atoms with Gasteiger partial charge in [-0.25, -0.2) is 9.59 Å². The minimum absolute atomic E-state index is 0.0605. The lowest BCUT2D eigenvalue weighted by molar-refractivity contribution is -0.149. The van der Waals surface area contributed by atoms with Gasteiger partial charge in [-0.15, -0.1) is 0 Å². The Morgan fingerprint density at radius 1 is 1.38 bits per heavy atom. The topological polar surface area (TPSA) is 114 Å². The standard InChI is InChI=1S/C9H17N3O4/c10-9(15)12-4-3-11-5-6-1-2-7(16-6)8(13)14/h6-7,11H,1-5H2,(H,13,14)(H3,10,12,15). The number of carboxylic acid groups (broad SMARTS) is 1. The van der Waals surface area contributed by atoms with E-state index in [1.54, 1.807) is 0 Å². The van der Waals surface area contributed by atoms with Crippen molar-refractivity contribution in [3.8, 4) is 0 Å². The molecule has 1 rings (SSSR count). The van der Waals surface area contributed by atoms with Crippen molar-refractivity contribution in [3.05, 3.63) is 0 Å². The third kappa shape index (κ3) is 4.45. The Balaban J connectivity index is 2.02. The van der Waals surface area contributed by atoms with Crippen molar-refractivity contribution >= 4 is 12.0 Å². The maximum absolute atomic E-state index is 10.6. The molecule has 0 aromatic heterocycles. The Bertz CT molecular complexity index is 259. The third-order valence-electron chi connectivity index (χ3n) is 2.36. The van der Waals surface area contributed by atoms with Crippen LogP contribution in [0.15, 0.2) is 0 Å². The van der Waals surface area contributed by atoms with Crippen LogP contribution in [0.25, 0.3) is 0 Å². The number of rotatable bonds is 6. The normalized spacial score (nSPS) is 24.2. The Hall–Kier alpha value is -1.34. The molecule has 1 fully saturated rings. The number of carboxylic acids is 1. The average molecular weight is 231 g/mol. The summed E-state index contributed by atoms with van der Waals surface area (Å²) < 4.78 is 5.28. The minimum atomic E-state index is -0.905. The van der Waals surface area contributed by atoms with E-state index in [0.29, 0.717) is 26.1 Å². The van der Waals surface area contributed by atoms with Gasteiger partial charge >= 0.3 is 12.0 Å². The molecule has 7 nitrogen and oxygen atoms in total. The van der Waals surface area contributed by atoms with E-state index in [2.05, 4.69) is 10.6 Å². The van der Waals surface area contributed by atoms with Crippen molar-refractivity contribution in [2.45, 2.75) is 25.0 Å². The second kappa shape index (κ2) is 6.29. The van der Waals surface area contributed by atoms with Crippen LogP contribution in [-0.4, -0.2) is 48.9 Å². The summed E-state index contributed by atoms with van der Waals surface area (Å²) in [7, 11) is 0. The summed E-state index contributed by atoms with van der Waals surface area (Å²) in [6, 6.07) is -0.551. The molecule has 5 N–H and O–H groups in total. The van der Waals surface area contributed by atoms with Crippen LogP contribution >= 0.6 is 0 Å². The highest BCUT2D eigenvalue weighted by atomic mass is 16.5. The van der Waals surface area contributed by atoms with Gasteiger partial charge in [-0.2, -0.15) is 0 Å². The number of ether oxygens (including phenoxy) is 1. The molecule has 0 bridgehead atoms. The quantitative estimate of drug-likeness (QED) is 0.432. The molecule has 0 saturated carbocycles. The molecule has 2 atom stereocenters. The van der Waals surface area contributed by atoms with Gasteiger partial charge in [0.25, 0.3) is 0 Å². The van der Waals surface area contributed by atoms with E-state index in [4.69, 9.17) is 15.6 Å². The molecule has 1 saturated heterocycles. The average Bonchev–Trinajstić information content (AvgIpc) is 2.65. The van der Waals surface area contributed by atoms with Crippen LogP contribution in [0.5, 0.6) is 0 Å². The van der Waals surface area contributed by atoms with Crippen LogP contribution in [0.3, 0.4) is 0 Å². The molecule has 1 heterocycles. The van der Waals surface area contributed by atoms with Gasteiger partial charge in [-0.3, -0.25) is 0 Å². The Morgan fingerprint density at radius 3 is 2.69 bits per heavy atom. The molecule has 0 aliphatic carbocycles. The molecule has 16 heavy (non-hydrogen) atoms. The molecular formula is C9H17N3O4. The molecule has 2 unspecified atom stereocenters. The van der Waals surface area contributed by atoms with Gasteiger partial charge in [0.2, 0.25) is 0 Å². The highest BCUT2D eigenvalue weighted by Gasteiger charge is 2.29. The van der Waals surface area contributed by atoms with Gasteiger partial charge in [0.05, 0.1) is 6.10 Å². The fourth-order valence-electron chi connectivity index (χ4n) is 1.57. The van der Waals surface area contributed by atoms with E-state index in [1.807, 2.05) is 0 Å². The zero-order valence-corrected chi connectivity index (χ0v) is 8.94. The maximum Gasteiger partial charge on any atom is 0.332 e. The first-order valence-electron chi connectivity index (χ1n) is 5.22. The minimum Gasteiger partial charge on any atom is -0.479 e. The second-order valence-electron chi connectivity index (χ2n) is 3.66. The molecule has 0 aromatic rings. The van der Waals surface area contributed by atoms with Crippen LogP contribution in [0.2, 0.25) is 0 Å². The van der Waals surface area contributed by atoms with E-state index >= 15 is 0 Å². The summed E-state index contributed by atoms with van der Waals surface area (Å²) in [6.07, 6.45) is 0.569. The maximum atomic E-state index is 10.6. The highest BCUT2D eigenvalue weighted by Crippen LogP contribution is 2.18. The summed E-state index contributed by atoms with van der Waals surface area (Å²) in [5.41, 5.74) is 4.88. The van der Waals surface area contributed by atoms with Gasteiger partial charge < -0.3 is 26.2 Å². The number of primary amides is 1. The first-order chi connectivity index (χ1) is 7.59. The summed E-state index contributed by atoms with van der Waals surface area (Å²) in [5, 5.41) is 14.2. The first kappa shape index (κ1) is 12.7. The Kier molecular flexibility index (Phi) is 5.00. The van der Waals surface area contributed by atoms with Crippen molar-refractivity contribution in [2.75, 3.05) is 19.6 Å². The van der Waals surface area contributed by atoms with Crippen molar-refractivity contribution in [3.63, 3.8) is 0 Å². The van der Waals surface area contributed by atoms with Gasteiger partial charge in [0.15, 0.2) is 6.10 Å². The number of hydrogen-bond acceptors (Lipinski definition) is 4. The van der Waals surface area contributed by atoms with E-state index in [9.17, 15) is 9.59 Å². The Morgan fingerprint density at radius 2 is 2.12 bits per heavy atom. The van der Waals surface area contributed by atoms with Gasteiger partial charge in [-0.1, -0.05) is 0 Å². The van der Waals surface area contributed by atoms with E-state index in [0.717, 1.165) is 6.42 Å². The van der Waals surface area contributed by atoms with Crippen LogP contribution < -0.4 is 16.4 Å². The third-order valence-corrected chi connectivity index (χ3v) is 2.36. The molecule has 0 spiro atoms. The molecular weight excluding hydrogens is 214 g/mol. The molecule has 0 radical (unpaired) electrons. The fourth-order valence-corrected chi connectivity index (χ4v) is 1.57. The van der Waals surface area contributed by atoms with Gasteiger partial charge in [0, 0.05) is 19.6 Å². The SMILES string of the molecule is NC(=O)NCCNCC1CCC(C(=O)O)O1. The zero-order chi connectivity index (χ0) is 12.0. The second-order valence-corrected chi connectivity index (χ2v) is 3.66.